The van der Waals surface area contributed by atoms with Crippen LogP contribution in [0, 0.1) is 45.3 Å². The quantitative estimate of drug-likeness (QED) is 0.0848. The Hall–Kier alpha value is -6.14. The second-order valence-electron chi connectivity index (χ2n) is 23.2. The highest BCUT2D eigenvalue weighted by molar-refractivity contribution is 5.74. The van der Waals surface area contributed by atoms with Crippen molar-refractivity contribution < 1.29 is 28.5 Å². The number of carbonyl (C=O) groups is 2. The Kier molecular flexibility index (Phi) is 13.5. The maximum absolute atomic E-state index is 15.5. The lowest BCUT2D eigenvalue weighted by Crippen LogP contribution is -2.43. The van der Waals surface area contributed by atoms with Crippen LogP contribution in [0.5, 0.6) is 11.5 Å². The van der Waals surface area contributed by atoms with Crippen LogP contribution in [0.3, 0.4) is 0 Å². The van der Waals surface area contributed by atoms with Crippen molar-refractivity contribution in [1.82, 2.24) is 0 Å². The normalized spacial score (nSPS) is 27.4. The van der Waals surface area contributed by atoms with Crippen LogP contribution in [0.1, 0.15) is 137 Å². The van der Waals surface area contributed by atoms with Crippen LogP contribution in [0.2, 0.25) is 0 Å². The summed E-state index contributed by atoms with van der Waals surface area (Å²) in [7, 11) is 3.34. The molecule has 10 rings (SSSR count). The molecular weight excluding hydrogens is 889 g/mol. The van der Waals surface area contributed by atoms with Gasteiger partial charge in [-0.25, -0.2) is 0 Å². The number of hydrogen-bond donors (Lipinski definition) is 0. The molecule has 0 amide bonds. The molecule has 0 N–H and O–H groups in total. The first-order valence-electron chi connectivity index (χ1n) is 26.6. The monoisotopic (exact) mass is 963 g/mol. The Morgan fingerprint density at radius 3 is 1.04 bits per heavy atom. The van der Waals surface area contributed by atoms with Crippen molar-refractivity contribution in [3.8, 4) is 11.5 Å². The van der Waals surface area contributed by atoms with Gasteiger partial charge in [0.25, 0.3) is 0 Å². The van der Waals surface area contributed by atoms with Crippen molar-refractivity contribution in [2.45, 2.75) is 116 Å². The average Bonchev–Trinajstić information content (AvgIpc) is 3.90. The fraction of sp³-hybridized carbons (Fsp3) is 0.424. The van der Waals surface area contributed by atoms with Gasteiger partial charge < -0.3 is 18.9 Å². The van der Waals surface area contributed by atoms with Gasteiger partial charge in [0, 0.05) is 46.3 Å². The SMILES string of the molecule is COc1ccccc1[C@H](CC(=O)O[C@@H]1[C@H](C(c2ccccc2)c2ccccc2)[C@H]2CC[C@]1(C)C2(C)C)[C@@H](CC(=O)O[C@@H]1[C@H](C(c2ccccc2)c2ccccc2)[C@H]2CC[C@]1(C)C2(C)C)c1ccccc1OC. The summed E-state index contributed by atoms with van der Waals surface area (Å²) in [6.45, 7) is 14.3. The molecule has 0 heterocycles. The highest BCUT2D eigenvalue weighted by atomic mass is 16.6. The molecule has 0 radical (unpaired) electrons. The van der Waals surface area contributed by atoms with E-state index in [0.29, 0.717) is 23.3 Å². The summed E-state index contributed by atoms with van der Waals surface area (Å²) >= 11 is 0. The van der Waals surface area contributed by atoms with E-state index >= 15 is 9.59 Å². The zero-order valence-corrected chi connectivity index (χ0v) is 43.6. The Morgan fingerprint density at radius 2 is 0.736 bits per heavy atom. The topological polar surface area (TPSA) is 71.1 Å². The molecule has 4 saturated carbocycles. The van der Waals surface area contributed by atoms with Crippen LogP contribution in [0.4, 0.5) is 0 Å². The number of para-hydroxylation sites is 2. The molecule has 0 aromatic heterocycles. The number of benzene rings is 6. The first-order valence-corrected chi connectivity index (χ1v) is 26.6. The van der Waals surface area contributed by atoms with Gasteiger partial charge >= 0.3 is 11.9 Å². The van der Waals surface area contributed by atoms with Crippen molar-refractivity contribution in [2.24, 2.45) is 45.3 Å². The summed E-state index contributed by atoms with van der Waals surface area (Å²) in [5.41, 5.74) is 5.92. The van der Waals surface area contributed by atoms with Crippen LogP contribution in [-0.4, -0.2) is 38.4 Å². The van der Waals surface area contributed by atoms with Crippen molar-refractivity contribution >= 4 is 11.9 Å². The maximum Gasteiger partial charge on any atom is 0.306 e. The predicted molar refractivity (Wildman–Crippen MR) is 286 cm³/mol. The number of ether oxygens (including phenoxy) is 4. The third kappa shape index (κ3) is 8.35. The molecule has 0 unspecified atom stereocenters. The lowest BCUT2D eigenvalue weighted by molar-refractivity contribution is -0.164. The van der Waals surface area contributed by atoms with E-state index in [1.165, 1.54) is 22.3 Å². The Bertz CT molecular complexity index is 2550. The van der Waals surface area contributed by atoms with Gasteiger partial charge in [0.05, 0.1) is 27.1 Å². The predicted octanol–water partition coefficient (Wildman–Crippen LogP) is 15.0. The van der Waals surface area contributed by atoms with Crippen LogP contribution < -0.4 is 9.47 Å². The maximum atomic E-state index is 15.5. The van der Waals surface area contributed by atoms with Gasteiger partial charge in [-0.3, -0.25) is 9.59 Å². The lowest BCUT2D eigenvalue weighted by Gasteiger charge is -2.42. The van der Waals surface area contributed by atoms with Gasteiger partial charge in [-0.2, -0.15) is 0 Å². The smallest absolute Gasteiger partial charge is 0.306 e. The lowest BCUT2D eigenvalue weighted by atomic mass is 9.68. The highest BCUT2D eigenvalue weighted by Crippen LogP contribution is 2.73. The van der Waals surface area contributed by atoms with E-state index in [2.05, 4.69) is 163 Å². The Labute approximate surface area is 428 Å². The molecule has 6 heteroatoms. The molecule has 6 aromatic carbocycles. The van der Waals surface area contributed by atoms with Gasteiger partial charge in [-0.1, -0.05) is 199 Å². The standard InChI is InChI=1S/C66H74O6/c1-63(2)51-37-39-65(63,5)61(59(51)57(43-25-13-9-14-26-43)44-27-15-10-16-28-44)71-55(67)41-49(47-33-21-23-35-53(47)69-7)50(48-34-22-24-36-54(48)70-8)42-56(68)72-62-60(52-38-40-66(62,6)64(52,3)4)58(45-29-17-11-18-30-45)46-31-19-12-20-32-46/h9-36,49-52,57-62H,37-42H2,1-8H3/t49-,50-,51+,52+,59-,60-,61+,62+,65-,66-/m0/s1. The molecule has 4 aliphatic rings. The van der Waals surface area contributed by atoms with E-state index < -0.39 is 11.8 Å². The van der Waals surface area contributed by atoms with Crippen LogP contribution in [-0.2, 0) is 19.1 Å². The summed E-state index contributed by atoms with van der Waals surface area (Å²) in [6, 6.07) is 59.0. The number of fused-ring (bicyclic) bond motifs is 4. The Morgan fingerprint density at radius 1 is 0.444 bits per heavy atom. The summed E-state index contributed by atoms with van der Waals surface area (Å²) in [6.07, 6.45) is 3.46. The second kappa shape index (κ2) is 19.7. The number of esters is 2. The van der Waals surface area contributed by atoms with Crippen molar-refractivity contribution in [3.05, 3.63) is 203 Å². The fourth-order valence-corrected chi connectivity index (χ4v) is 15.5. The van der Waals surface area contributed by atoms with E-state index in [1.807, 2.05) is 48.5 Å². The van der Waals surface area contributed by atoms with Gasteiger partial charge in [-0.15, -0.1) is 0 Å². The van der Waals surface area contributed by atoms with Crippen molar-refractivity contribution in [3.63, 3.8) is 0 Å². The van der Waals surface area contributed by atoms with Gasteiger partial charge in [0.1, 0.15) is 23.7 Å². The highest BCUT2D eigenvalue weighted by Gasteiger charge is 2.70. The fourth-order valence-electron chi connectivity index (χ4n) is 15.5. The van der Waals surface area contributed by atoms with E-state index in [0.717, 1.165) is 36.8 Å². The molecule has 4 fully saturated rings. The second-order valence-corrected chi connectivity index (χ2v) is 23.2. The third-order valence-corrected chi connectivity index (χ3v) is 19.9. The van der Waals surface area contributed by atoms with Crippen molar-refractivity contribution in [2.75, 3.05) is 14.2 Å². The molecule has 72 heavy (non-hydrogen) atoms. The molecule has 6 nitrogen and oxygen atoms in total. The molecule has 4 aliphatic carbocycles. The average molecular weight is 963 g/mol. The summed E-state index contributed by atoms with van der Waals surface area (Å²) in [4.78, 5) is 31.0. The molecular formula is C66H74O6. The summed E-state index contributed by atoms with van der Waals surface area (Å²) in [5.74, 6) is 0.471. The minimum Gasteiger partial charge on any atom is -0.496 e. The van der Waals surface area contributed by atoms with Crippen LogP contribution in [0.15, 0.2) is 170 Å². The Balaban J connectivity index is 1.03. The van der Waals surface area contributed by atoms with E-state index in [1.54, 1.807) is 14.2 Å². The van der Waals surface area contributed by atoms with Crippen molar-refractivity contribution in [1.29, 1.82) is 0 Å². The molecule has 374 valence electrons. The molecule has 6 aromatic rings. The van der Waals surface area contributed by atoms with Crippen LogP contribution in [0.25, 0.3) is 0 Å². The molecule has 0 aliphatic heterocycles. The minimum atomic E-state index is -0.543. The molecule has 0 saturated heterocycles. The minimum absolute atomic E-state index is 0.0189. The van der Waals surface area contributed by atoms with E-state index in [9.17, 15) is 0 Å². The largest absolute Gasteiger partial charge is 0.496 e. The first-order chi connectivity index (χ1) is 34.7. The third-order valence-electron chi connectivity index (χ3n) is 19.9. The zero-order chi connectivity index (χ0) is 50.4. The molecule has 10 atom stereocenters. The van der Waals surface area contributed by atoms with E-state index in [4.69, 9.17) is 18.9 Å². The number of hydrogen-bond acceptors (Lipinski definition) is 6. The number of rotatable bonds is 17. The van der Waals surface area contributed by atoms with Gasteiger partial charge in [0.15, 0.2) is 0 Å². The van der Waals surface area contributed by atoms with E-state index in [-0.39, 0.29) is 82.3 Å². The summed E-state index contributed by atoms with van der Waals surface area (Å²) < 4.78 is 26.6. The zero-order valence-electron chi connectivity index (χ0n) is 43.6. The molecule has 0 spiro atoms. The number of carbonyl (C=O) groups excluding carboxylic acids is 2. The van der Waals surface area contributed by atoms with Crippen LogP contribution >= 0.6 is 0 Å². The van der Waals surface area contributed by atoms with Gasteiger partial charge in [0.2, 0.25) is 0 Å². The first kappa shape index (κ1) is 49.4. The molecule has 4 bridgehead atoms. The van der Waals surface area contributed by atoms with Gasteiger partial charge in [-0.05, 0) is 93.9 Å². The number of methoxy groups -OCH3 is 2. The summed E-state index contributed by atoms with van der Waals surface area (Å²) in [5, 5.41) is 0.